The van der Waals surface area contributed by atoms with E-state index in [4.69, 9.17) is 9.47 Å². The van der Waals surface area contributed by atoms with E-state index in [1.54, 1.807) is 12.4 Å². The number of hydrogen-bond donors (Lipinski definition) is 2. The van der Waals surface area contributed by atoms with Crippen molar-refractivity contribution in [2.24, 2.45) is 0 Å². The molecule has 0 atom stereocenters. The standard InChI is InChI=1S/C14H15N3O2/c1-2-16-11-5-12(8-15-7-11)17-10-3-4-13-14(6-10)19-9-18-13/h3-8,16-17H,2,9H2,1H3. The van der Waals surface area contributed by atoms with Gasteiger partial charge >= 0.3 is 0 Å². The SMILES string of the molecule is CCNc1cncc(Nc2ccc3c(c2)OCO3)c1. The Kier molecular flexibility index (Phi) is 3.10. The molecular formula is C14H15N3O2. The van der Waals surface area contributed by atoms with Crippen molar-refractivity contribution in [3.8, 4) is 11.5 Å². The van der Waals surface area contributed by atoms with Crippen molar-refractivity contribution in [3.63, 3.8) is 0 Å². The fraction of sp³-hybridized carbons (Fsp3) is 0.214. The van der Waals surface area contributed by atoms with Gasteiger partial charge in [0.1, 0.15) is 0 Å². The molecule has 0 amide bonds. The van der Waals surface area contributed by atoms with E-state index >= 15 is 0 Å². The van der Waals surface area contributed by atoms with Crippen LogP contribution in [-0.4, -0.2) is 18.3 Å². The Labute approximate surface area is 111 Å². The second-order valence-electron chi connectivity index (χ2n) is 4.19. The summed E-state index contributed by atoms with van der Waals surface area (Å²) in [7, 11) is 0. The largest absolute Gasteiger partial charge is 0.454 e. The van der Waals surface area contributed by atoms with Crippen molar-refractivity contribution < 1.29 is 9.47 Å². The van der Waals surface area contributed by atoms with Crippen molar-refractivity contribution in [2.45, 2.75) is 6.92 Å². The Hall–Kier alpha value is -2.43. The van der Waals surface area contributed by atoms with Crippen molar-refractivity contribution in [2.75, 3.05) is 24.0 Å². The zero-order chi connectivity index (χ0) is 13.1. The molecule has 0 saturated heterocycles. The minimum absolute atomic E-state index is 0.288. The third-order valence-electron chi connectivity index (χ3n) is 2.78. The average Bonchev–Trinajstić information content (AvgIpc) is 2.87. The minimum atomic E-state index is 0.288. The van der Waals surface area contributed by atoms with E-state index in [0.29, 0.717) is 0 Å². The summed E-state index contributed by atoms with van der Waals surface area (Å²) in [6.45, 7) is 3.21. The number of nitrogens with zero attached hydrogens (tertiary/aromatic N) is 1. The lowest BCUT2D eigenvalue weighted by Crippen LogP contribution is -1.98. The molecule has 19 heavy (non-hydrogen) atoms. The maximum atomic E-state index is 5.35. The van der Waals surface area contributed by atoms with E-state index in [1.807, 2.05) is 24.3 Å². The van der Waals surface area contributed by atoms with Gasteiger partial charge in [-0.15, -0.1) is 0 Å². The van der Waals surface area contributed by atoms with Gasteiger partial charge in [-0.1, -0.05) is 0 Å². The Balaban J connectivity index is 1.79. The van der Waals surface area contributed by atoms with E-state index in [0.717, 1.165) is 35.1 Å². The number of hydrogen-bond acceptors (Lipinski definition) is 5. The molecule has 2 N–H and O–H groups in total. The van der Waals surface area contributed by atoms with Gasteiger partial charge in [0, 0.05) is 18.3 Å². The normalized spacial score (nSPS) is 12.3. The van der Waals surface area contributed by atoms with Gasteiger partial charge in [0.25, 0.3) is 0 Å². The second kappa shape index (κ2) is 5.06. The molecule has 0 spiro atoms. The van der Waals surface area contributed by atoms with Crippen LogP contribution in [0.15, 0.2) is 36.7 Å². The highest BCUT2D eigenvalue weighted by molar-refractivity contribution is 5.66. The molecule has 0 unspecified atom stereocenters. The van der Waals surface area contributed by atoms with Crippen LogP contribution in [0.2, 0.25) is 0 Å². The number of ether oxygens (including phenoxy) is 2. The Morgan fingerprint density at radius 3 is 2.79 bits per heavy atom. The number of benzene rings is 1. The summed E-state index contributed by atoms with van der Waals surface area (Å²) in [5.41, 5.74) is 2.87. The third-order valence-corrected chi connectivity index (χ3v) is 2.78. The van der Waals surface area contributed by atoms with Crippen LogP contribution < -0.4 is 20.1 Å². The minimum Gasteiger partial charge on any atom is -0.454 e. The van der Waals surface area contributed by atoms with Crippen molar-refractivity contribution in [3.05, 3.63) is 36.7 Å². The van der Waals surface area contributed by atoms with Crippen LogP contribution in [-0.2, 0) is 0 Å². The molecule has 98 valence electrons. The number of nitrogens with one attached hydrogen (secondary N) is 2. The van der Waals surface area contributed by atoms with Crippen LogP contribution in [0, 0.1) is 0 Å². The predicted octanol–water partition coefficient (Wildman–Crippen LogP) is 2.99. The molecule has 0 bridgehead atoms. The molecule has 1 aliphatic heterocycles. The average molecular weight is 257 g/mol. The monoisotopic (exact) mass is 257 g/mol. The van der Waals surface area contributed by atoms with Gasteiger partial charge in [0.05, 0.1) is 23.8 Å². The van der Waals surface area contributed by atoms with E-state index in [-0.39, 0.29) is 6.79 Å². The molecular weight excluding hydrogens is 242 g/mol. The van der Waals surface area contributed by atoms with Crippen LogP contribution >= 0.6 is 0 Å². The highest BCUT2D eigenvalue weighted by Crippen LogP contribution is 2.35. The van der Waals surface area contributed by atoms with E-state index in [2.05, 4.69) is 22.5 Å². The number of aromatic nitrogens is 1. The Morgan fingerprint density at radius 2 is 1.89 bits per heavy atom. The van der Waals surface area contributed by atoms with Gasteiger partial charge in [0.2, 0.25) is 6.79 Å². The van der Waals surface area contributed by atoms with Gasteiger partial charge < -0.3 is 20.1 Å². The van der Waals surface area contributed by atoms with Crippen LogP contribution in [0.4, 0.5) is 17.1 Å². The summed E-state index contributed by atoms with van der Waals surface area (Å²) < 4.78 is 10.6. The van der Waals surface area contributed by atoms with Gasteiger partial charge in [-0.3, -0.25) is 4.98 Å². The predicted molar refractivity (Wildman–Crippen MR) is 74.2 cm³/mol. The summed E-state index contributed by atoms with van der Waals surface area (Å²) in [6.07, 6.45) is 3.58. The Bertz CT molecular complexity index is 587. The molecule has 2 aromatic rings. The van der Waals surface area contributed by atoms with Gasteiger partial charge in [-0.05, 0) is 25.1 Å². The number of anilines is 3. The first kappa shape index (κ1) is 11.6. The Morgan fingerprint density at radius 1 is 1.05 bits per heavy atom. The summed E-state index contributed by atoms with van der Waals surface area (Å²) in [6, 6.07) is 7.78. The van der Waals surface area contributed by atoms with Crippen molar-refractivity contribution in [1.82, 2.24) is 4.98 Å². The lowest BCUT2D eigenvalue weighted by atomic mass is 10.2. The number of fused-ring (bicyclic) bond motifs is 1. The van der Waals surface area contributed by atoms with Gasteiger partial charge in [-0.2, -0.15) is 0 Å². The van der Waals surface area contributed by atoms with Crippen LogP contribution in [0.5, 0.6) is 11.5 Å². The second-order valence-corrected chi connectivity index (χ2v) is 4.19. The lowest BCUT2D eigenvalue weighted by molar-refractivity contribution is 0.174. The first-order valence-corrected chi connectivity index (χ1v) is 6.21. The molecule has 0 aliphatic carbocycles. The van der Waals surface area contributed by atoms with Crippen molar-refractivity contribution >= 4 is 17.1 Å². The molecule has 0 saturated carbocycles. The fourth-order valence-electron chi connectivity index (χ4n) is 1.95. The van der Waals surface area contributed by atoms with Gasteiger partial charge in [-0.25, -0.2) is 0 Å². The van der Waals surface area contributed by atoms with Crippen molar-refractivity contribution in [1.29, 1.82) is 0 Å². The highest BCUT2D eigenvalue weighted by atomic mass is 16.7. The first-order chi connectivity index (χ1) is 9.35. The quantitative estimate of drug-likeness (QED) is 0.881. The lowest BCUT2D eigenvalue weighted by Gasteiger charge is -2.09. The highest BCUT2D eigenvalue weighted by Gasteiger charge is 2.13. The summed E-state index contributed by atoms with van der Waals surface area (Å²) in [4.78, 5) is 4.19. The zero-order valence-electron chi connectivity index (χ0n) is 10.6. The fourth-order valence-corrected chi connectivity index (χ4v) is 1.95. The maximum absolute atomic E-state index is 5.35. The van der Waals surface area contributed by atoms with E-state index < -0.39 is 0 Å². The van der Waals surface area contributed by atoms with Crippen LogP contribution in [0.25, 0.3) is 0 Å². The van der Waals surface area contributed by atoms with Crippen LogP contribution in [0.1, 0.15) is 6.92 Å². The van der Waals surface area contributed by atoms with E-state index in [1.165, 1.54) is 0 Å². The summed E-state index contributed by atoms with van der Waals surface area (Å²) >= 11 is 0. The van der Waals surface area contributed by atoms with Crippen LogP contribution in [0.3, 0.4) is 0 Å². The molecule has 5 nitrogen and oxygen atoms in total. The molecule has 0 radical (unpaired) electrons. The number of pyridine rings is 1. The molecule has 1 aromatic carbocycles. The topological polar surface area (TPSA) is 55.4 Å². The molecule has 3 rings (SSSR count). The zero-order valence-corrected chi connectivity index (χ0v) is 10.6. The third kappa shape index (κ3) is 2.54. The molecule has 1 aliphatic rings. The van der Waals surface area contributed by atoms with Gasteiger partial charge in [0.15, 0.2) is 11.5 Å². The summed E-state index contributed by atoms with van der Waals surface area (Å²) in [5, 5.41) is 6.52. The molecule has 5 heteroatoms. The molecule has 0 fully saturated rings. The smallest absolute Gasteiger partial charge is 0.231 e. The van der Waals surface area contributed by atoms with E-state index in [9.17, 15) is 0 Å². The first-order valence-electron chi connectivity index (χ1n) is 6.21. The maximum Gasteiger partial charge on any atom is 0.231 e. The number of rotatable bonds is 4. The summed E-state index contributed by atoms with van der Waals surface area (Å²) in [5.74, 6) is 1.55. The molecule has 1 aromatic heterocycles. The molecule has 2 heterocycles.